The average molecular weight is 293 g/mol. The Bertz CT molecular complexity index is 476. The lowest BCUT2D eigenvalue weighted by Gasteiger charge is -2.31. The van der Waals surface area contributed by atoms with Crippen molar-refractivity contribution >= 4 is 5.91 Å². The van der Waals surface area contributed by atoms with Gasteiger partial charge in [0, 0.05) is 19.6 Å². The number of rotatable bonds is 6. The van der Waals surface area contributed by atoms with E-state index in [9.17, 15) is 4.79 Å². The van der Waals surface area contributed by atoms with Crippen LogP contribution in [0.2, 0.25) is 0 Å². The van der Waals surface area contributed by atoms with E-state index in [1.807, 2.05) is 38.1 Å². The summed E-state index contributed by atoms with van der Waals surface area (Å²) in [6.45, 7) is 7.81. The lowest BCUT2D eigenvalue weighted by molar-refractivity contribution is -0.141. The van der Waals surface area contributed by atoms with Gasteiger partial charge in [-0.1, -0.05) is 0 Å². The normalized spacial score (nSPS) is 22.0. The second-order valence-corrected chi connectivity index (χ2v) is 6.53. The highest BCUT2D eigenvalue weighted by molar-refractivity contribution is 5.83. The smallest absolute Gasteiger partial charge is 0.230 e. The summed E-state index contributed by atoms with van der Waals surface area (Å²) in [5, 5.41) is 3.30. The summed E-state index contributed by atoms with van der Waals surface area (Å²) in [7, 11) is 4.05. The third-order valence-corrected chi connectivity index (χ3v) is 4.13. The van der Waals surface area contributed by atoms with Crippen LogP contribution in [-0.4, -0.2) is 56.0 Å². The first kappa shape index (κ1) is 16.0. The maximum Gasteiger partial charge on any atom is 0.230 e. The van der Waals surface area contributed by atoms with E-state index in [4.69, 9.17) is 4.42 Å². The number of hydrogen-bond donors (Lipinski definition) is 1. The largest absolute Gasteiger partial charge is 0.464 e. The lowest BCUT2D eigenvalue weighted by Crippen LogP contribution is -2.45. The SMILES string of the molecule is Cc1ccc(CN(CCN(C)C)C(=O)C2(C)CCNC2)o1. The van der Waals surface area contributed by atoms with Crippen LogP contribution in [-0.2, 0) is 11.3 Å². The minimum absolute atomic E-state index is 0.225. The molecular weight excluding hydrogens is 266 g/mol. The van der Waals surface area contributed by atoms with Crippen LogP contribution in [0, 0.1) is 12.3 Å². The Hall–Kier alpha value is -1.33. The van der Waals surface area contributed by atoms with Gasteiger partial charge in [-0.05, 0) is 53.0 Å². The zero-order valence-electron chi connectivity index (χ0n) is 13.6. The second kappa shape index (κ2) is 6.62. The molecule has 1 fully saturated rings. The molecule has 118 valence electrons. The molecule has 0 saturated carbocycles. The predicted molar refractivity (Wildman–Crippen MR) is 83.0 cm³/mol. The summed E-state index contributed by atoms with van der Waals surface area (Å²) in [5.41, 5.74) is -0.284. The molecule has 1 N–H and O–H groups in total. The van der Waals surface area contributed by atoms with Gasteiger partial charge >= 0.3 is 0 Å². The van der Waals surface area contributed by atoms with Gasteiger partial charge in [0.25, 0.3) is 0 Å². The van der Waals surface area contributed by atoms with Gasteiger partial charge in [0.15, 0.2) is 0 Å². The number of carbonyl (C=O) groups is 1. The molecule has 1 unspecified atom stereocenters. The molecule has 1 atom stereocenters. The van der Waals surface area contributed by atoms with Crippen molar-refractivity contribution in [2.75, 3.05) is 40.3 Å². The molecule has 5 heteroatoms. The zero-order chi connectivity index (χ0) is 15.5. The number of nitrogens with zero attached hydrogens (tertiary/aromatic N) is 2. The molecule has 1 amide bonds. The van der Waals surface area contributed by atoms with Crippen LogP contribution < -0.4 is 5.32 Å². The van der Waals surface area contributed by atoms with E-state index in [-0.39, 0.29) is 11.3 Å². The summed E-state index contributed by atoms with van der Waals surface area (Å²) < 4.78 is 5.64. The van der Waals surface area contributed by atoms with E-state index in [0.717, 1.165) is 44.1 Å². The molecule has 0 spiro atoms. The Morgan fingerprint density at radius 2 is 2.14 bits per heavy atom. The van der Waals surface area contributed by atoms with Crippen molar-refractivity contribution in [3.8, 4) is 0 Å². The van der Waals surface area contributed by atoms with Gasteiger partial charge in [0.1, 0.15) is 11.5 Å². The van der Waals surface area contributed by atoms with Gasteiger partial charge in [-0.3, -0.25) is 4.79 Å². The molecule has 2 rings (SSSR count). The van der Waals surface area contributed by atoms with Gasteiger partial charge in [0.2, 0.25) is 5.91 Å². The Morgan fingerprint density at radius 1 is 1.38 bits per heavy atom. The maximum absolute atomic E-state index is 12.9. The fraction of sp³-hybridized carbons (Fsp3) is 0.688. The highest BCUT2D eigenvalue weighted by Gasteiger charge is 2.39. The molecule has 1 aromatic heterocycles. The van der Waals surface area contributed by atoms with Crippen molar-refractivity contribution in [3.63, 3.8) is 0 Å². The van der Waals surface area contributed by atoms with Crippen LogP contribution in [0.4, 0.5) is 0 Å². The number of aryl methyl sites for hydroxylation is 1. The summed E-state index contributed by atoms with van der Waals surface area (Å²) in [4.78, 5) is 17.0. The van der Waals surface area contributed by atoms with E-state index < -0.39 is 0 Å². The van der Waals surface area contributed by atoms with Crippen molar-refractivity contribution in [1.29, 1.82) is 0 Å². The highest BCUT2D eigenvalue weighted by atomic mass is 16.3. The molecule has 1 aliphatic heterocycles. The number of carbonyl (C=O) groups excluding carboxylic acids is 1. The summed E-state index contributed by atoms with van der Waals surface area (Å²) in [6.07, 6.45) is 0.904. The molecule has 1 aliphatic rings. The number of furan rings is 1. The standard InChI is InChI=1S/C16H27N3O2/c1-13-5-6-14(21-13)11-19(10-9-18(3)4)15(20)16(2)7-8-17-12-16/h5-6,17H,7-12H2,1-4H3. The molecule has 1 aromatic rings. The Morgan fingerprint density at radius 3 is 2.67 bits per heavy atom. The van der Waals surface area contributed by atoms with Gasteiger partial charge < -0.3 is 19.5 Å². The summed E-state index contributed by atoms with van der Waals surface area (Å²) in [5.74, 6) is 1.97. The van der Waals surface area contributed by atoms with Gasteiger partial charge in [0.05, 0.1) is 12.0 Å². The first-order chi connectivity index (χ1) is 9.90. The van der Waals surface area contributed by atoms with E-state index in [0.29, 0.717) is 6.54 Å². The number of nitrogens with one attached hydrogen (secondary N) is 1. The highest BCUT2D eigenvalue weighted by Crippen LogP contribution is 2.28. The second-order valence-electron chi connectivity index (χ2n) is 6.53. The molecule has 0 aromatic carbocycles. The topological polar surface area (TPSA) is 48.7 Å². The molecule has 0 aliphatic carbocycles. The first-order valence-corrected chi connectivity index (χ1v) is 7.61. The quantitative estimate of drug-likeness (QED) is 0.863. The van der Waals surface area contributed by atoms with Crippen LogP contribution in [0.15, 0.2) is 16.5 Å². The predicted octanol–water partition coefficient (Wildman–Crippen LogP) is 1.48. The Balaban J connectivity index is 2.08. The zero-order valence-corrected chi connectivity index (χ0v) is 13.6. The number of amides is 1. The molecule has 2 heterocycles. The molecule has 1 saturated heterocycles. The van der Waals surface area contributed by atoms with Crippen molar-refractivity contribution < 1.29 is 9.21 Å². The molecular formula is C16H27N3O2. The average Bonchev–Trinajstić information content (AvgIpc) is 3.03. The fourth-order valence-corrected chi connectivity index (χ4v) is 2.71. The van der Waals surface area contributed by atoms with Crippen molar-refractivity contribution in [2.24, 2.45) is 5.41 Å². The minimum atomic E-state index is -0.284. The van der Waals surface area contributed by atoms with Gasteiger partial charge in [-0.2, -0.15) is 0 Å². The van der Waals surface area contributed by atoms with Crippen molar-refractivity contribution in [2.45, 2.75) is 26.8 Å². The van der Waals surface area contributed by atoms with Crippen LogP contribution in [0.25, 0.3) is 0 Å². The minimum Gasteiger partial charge on any atom is -0.464 e. The van der Waals surface area contributed by atoms with Crippen LogP contribution in [0.3, 0.4) is 0 Å². The fourth-order valence-electron chi connectivity index (χ4n) is 2.71. The van der Waals surface area contributed by atoms with E-state index in [1.54, 1.807) is 0 Å². The van der Waals surface area contributed by atoms with Gasteiger partial charge in [-0.15, -0.1) is 0 Å². The Kier molecular flexibility index (Phi) is 5.06. The number of hydrogen-bond acceptors (Lipinski definition) is 4. The number of likely N-dealkylation sites (N-methyl/N-ethyl adjacent to an activating group) is 1. The van der Waals surface area contributed by atoms with Crippen LogP contribution >= 0.6 is 0 Å². The Labute approximate surface area is 127 Å². The molecule has 5 nitrogen and oxygen atoms in total. The van der Waals surface area contributed by atoms with Gasteiger partial charge in [-0.25, -0.2) is 0 Å². The monoisotopic (exact) mass is 293 g/mol. The van der Waals surface area contributed by atoms with E-state index in [1.165, 1.54) is 0 Å². The third kappa shape index (κ3) is 4.08. The molecule has 0 bridgehead atoms. The van der Waals surface area contributed by atoms with Crippen LogP contribution in [0.1, 0.15) is 24.9 Å². The third-order valence-electron chi connectivity index (χ3n) is 4.13. The van der Waals surface area contributed by atoms with E-state index in [2.05, 4.69) is 17.1 Å². The lowest BCUT2D eigenvalue weighted by atomic mass is 9.88. The first-order valence-electron chi connectivity index (χ1n) is 7.61. The molecule has 0 radical (unpaired) electrons. The maximum atomic E-state index is 12.9. The summed E-state index contributed by atoms with van der Waals surface area (Å²) >= 11 is 0. The molecule has 21 heavy (non-hydrogen) atoms. The van der Waals surface area contributed by atoms with Crippen molar-refractivity contribution in [3.05, 3.63) is 23.7 Å². The van der Waals surface area contributed by atoms with Crippen LogP contribution in [0.5, 0.6) is 0 Å². The summed E-state index contributed by atoms with van der Waals surface area (Å²) in [6, 6.07) is 3.91. The van der Waals surface area contributed by atoms with E-state index >= 15 is 0 Å². The van der Waals surface area contributed by atoms with Crippen molar-refractivity contribution in [1.82, 2.24) is 15.1 Å².